The first-order chi connectivity index (χ1) is 19.4. The molecule has 0 aliphatic carbocycles. The number of fused-ring (bicyclic) bond motifs is 2. The summed E-state index contributed by atoms with van der Waals surface area (Å²) in [6.07, 6.45) is 3.54. The molecule has 1 saturated heterocycles. The molecule has 204 valence electrons. The molecule has 0 aromatic heterocycles. The molecule has 0 bridgehead atoms. The van der Waals surface area contributed by atoms with Gasteiger partial charge in [0.2, 0.25) is 11.8 Å². The molecule has 3 aliphatic rings. The second kappa shape index (κ2) is 10.6. The minimum atomic E-state index is -0.548. The van der Waals surface area contributed by atoms with Crippen LogP contribution in [0, 0.1) is 5.92 Å². The highest BCUT2D eigenvalue weighted by molar-refractivity contribution is 6.37. The van der Waals surface area contributed by atoms with E-state index in [0.717, 1.165) is 54.9 Å². The van der Waals surface area contributed by atoms with E-state index in [9.17, 15) is 14.4 Å². The van der Waals surface area contributed by atoms with Gasteiger partial charge in [0, 0.05) is 41.2 Å². The van der Waals surface area contributed by atoms with Gasteiger partial charge in [0.25, 0.3) is 5.91 Å². The number of rotatable bonds is 6. The lowest BCUT2D eigenvalue weighted by Crippen LogP contribution is -2.35. The highest BCUT2D eigenvalue weighted by Crippen LogP contribution is 2.39. The van der Waals surface area contributed by atoms with Crippen LogP contribution in [0.25, 0.3) is 11.3 Å². The fraction of sp³-hybridized carbons (Fsp3) is 0.281. The minimum Gasteiger partial charge on any atom is -0.366 e. The molecule has 0 saturated carbocycles. The molecule has 0 radical (unpaired) electrons. The van der Waals surface area contributed by atoms with Gasteiger partial charge in [-0.2, -0.15) is 0 Å². The molecule has 40 heavy (non-hydrogen) atoms. The average molecular weight is 536 g/mol. The fourth-order valence-electron chi connectivity index (χ4n) is 5.96. The topological polar surface area (TPSA) is 108 Å². The zero-order chi connectivity index (χ0) is 27.8. The lowest BCUT2D eigenvalue weighted by atomic mass is 9.93. The van der Waals surface area contributed by atoms with Crippen molar-refractivity contribution in [3.8, 4) is 0 Å². The summed E-state index contributed by atoms with van der Waals surface area (Å²) in [5.41, 5.74) is 12.0. The molecule has 1 fully saturated rings. The molecule has 0 atom stereocenters. The number of anilines is 3. The normalized spacial score (nSPS) is 18.2. The highest BCUT2D eigenvalue weighted by atomic mass is 16.2. The Balaban J connectivity index is 1.29. The number of benzene rings is 3. The first-order valence-electron chi connectivity index (χ1n) is 13.8. The van der Waals surface area contributed by atoms with E-state index in [1.54, 1.807) is 18.2 Å². The van der Waals surface area contributed by atoms with Gasteiger partial charge >= 0.3 is 0 Å². The van der Waals surface area contributed by atoms with Crippen molar-refractivity contribution in [1.29, 1.82) is 0 Å². The molecule has 3 aromatic rings. The van der Waals surface area contributed by atoms with Crippen molar-refractivity contribution in [3.63, 3.8) is 0 Å². The third-order valence-corrected chi connectivity index (χ3v) is 8.21. The van der Waals surface area contributed by atoms with E-state index in [-0.39, 0.29) is 11.8 Å². The van der Waals surface area contributed by atoms with Crippen molar-refractivity contribution in [3.05, 3.63) is 89.0 Å². The predicted octanol–water partition coefficient (Wildman–Crippen LogP) is 4.34. The molecule has 3 aliphatic heterocycles. The van der Waals surface area contributed by atoms with Crippen LogP contribution in [-0.4, -0.2) is 49.3 Å². The van der Waals surface area contributed by atoms with Crippen LogP contribution < -0.4 is 21.3 Å². The van der Waals surface area contributed by atoms with Crippen LogP contribution >= 0.6 is 0 Å². The number of hydrogen-bond acceptors (Lipinski definition) is 5. The number of amides is 3. The molecular weight excluding hydrogens is 502 g/mol. The Kier molecular flexibility index (Phi) is 6.86. The lowest BCUT2D eigenvalue weighted by Gasteiger charge is -2.29. The second-order valence-corrected chi connectivity index (χ2v) is 10.9. The van der Waals surface area contributed by atoms with Gasteiger partial charge in [0.1, 0.15) is 0 Å². The molecular formula is C32H33N5O3. The summed E-state index contributed by atoms with van der Waals surface area (Å²) in [5, 5.41) is 6.39. The monoisotopic (exact) mass is 535 g/mol. The standard InChI is InChI=1S/C32H33N5O3/c1-36-14-11-20(12-15-36)17-28(38)37-16-13-22-18-24(8-10-27(22)37)34-30(21-5-3-2-4-6-21)29-25-9-7-23(31(33)39)19-26(25)35-32(29)40/h2-10,18-20,34H,11-17H2,1H3,(H2,33,39)(H,35,40)/b30-29-. The Morgan fingerprint density at radius 3 is 2.50 bits per heavy atom. The third kappa shape index (κ3) is 4.98. The third-order valence-electron chi connectivity index (χ3n) is 8.21. The summed E-state index contributed by atoms with van der Waals surface area (Å²) < 4.78 is 0. The molecule has 3 heterocycles. The number of likely N-dealkylation sites (tertiary alicyclic amines) is 1. The van der Waals surface area contributed by atoms with E-state index in [2.05, 4.69) is 28.6 Å². The van der Waals surface area contributed by atoms with Crippen molar-refractivity contribution in [2.24, 2.45) is 11.7 Å². The average Bonchev–Trinajstić information content (AvgIpc) is 3.53. The van der Waals surface area contributed by atoms with Crippen molar-refractivity contribution < 1.29 is 14.4 Å². The predicted molar refractivity (Wildman–Crippen MR) is 158 cm³/mol. The first kappa shape index (κ1) is 25.8. The van der Waals surface area contributed by atoms with Crippen LogP contribution in [0.1, 0.15) is 46.3 Å². The SMILES string of the molecule is CN1CCC(CC(=O)N2CCc3cc(N/C(=C4\C(=O)Nc5cc(C(N)=O)ccc54)c4ccccc4)ccc32)CC1. The number of piperidine rings is 1. The maximum atomic E-state index is 13.2. The summed E-state index contributed by atoms with van der Waals surface area (Å²) in [6, 6.07) is 20.7. The second-order valence-electron chi connectivity index (χ2n) is 10.9. The minimum absolute atomic E-state index is 0.204. The van der Waals surface area contributed by atoms with E-state index < -0.39 is 5.91 Å². The van der Waals surface area contributed by atoms with E-state index in [0.29, 0.717) is 47.0 Å². The van der Waals surface area contributed by atoms with Crippen LogP contribution in [0.5, 0.6) is 0 Å². The molecule has 3 aromatic carbocycles. The van der Waals surface area contributed by atoms with Gasteiger partial charge in [-0.3, -0.25) is 14.4 Å². The van der Waals surface area contributed by atoms with Crippen LogP contribution in [0.4, 0.5) is 17.1 Å². The zero-order valence-corrected chi connectivity index (χ0v) is 22.6. The van der Waals surface area contributed by atoms with Gasteiger partial charge in [0.15, 0.2) is 0 Å². The Labute approximate surface area is 233 Å². The maximum Gasteiger partial charge on any atom is 0.258 e. The Morgan fingerprint density at radius 2 is 1.75 bits per heavy atom. The van der Waals surface area contributed by atoms with E-state index >= 15 is 0 Å². The highest BCUT2D eigenvalue weighted by Gasteiger charge is 2.31. The molecule has 8 nitrogen and oxygen atoms in total. The number of nitrogens with zero attached hydrogens (tertiary/aromatic N) is 2. The Hall–Kier alpha value is -4.43. The van der Waals surface area contributed by atoms with Crippen LogP contribution in [0.2, 0.25) is 0 Å². The molecule has 0 unspecified atom stereocenters. The number of hydrogen-bond donors (Lipinski definition) is 3. The van der Waals surface area contributed by atoms with Gasteiger partial charge in [-0.05, 0) is 86.8 Å². The van der Waals surface area contributed by atoms with Crippen molar-refractivity contribution >= 4 is 46.1 Å². The Bertz CT molecular complexity index is 1520. The summed E-state index contributed by atoms with van der Waals surface area (Å²) in [4.78, 5) is 42.4. The number of carbonyl (C=O) groups is 3. The molecule has 3 amide bonds. The largest absolute Gasteiger partial charge is 0.366 e. The summed E-state index contributed by atoms with van der Waals surface area (Å²) in [5.74, 6) is -0.147. The van der Waals surface area contributed by atoms with Crippen molar-refractivity contribution in [2.45, 2.75) is 25.7 Å². The first-order valence-corrected chi connectivity index (χ1v) is 13.8. The molecule has 6 rings (SSSR count). The van der Waals surface area contributed by atoms with Crippen LogP contribution in [-0.2, 0) is 16.0 Å². The van der Waals surface area contributed by atoms with Crippen molar-refractivity contribution in [2.75, 3.05) is 42.2 Å². The van der Waals surface area contributed by atoms with Gasteiger partial charge in [-0.25, -0.2) is 0 Å². The van der Waals surface area contributed by atoms with Gasteiger partial charge in [-0.15, -0.1) is 0 Å². The molecule has 4 N–H and O–H groups in total. The summed E-state index contributed by atoms with van der Waals surface area (Å²) in [7, 11) is 2.14. The summed E-state index contributed by atoms with van der Waals surface area (Å²) >= 11 is 0. The van der Waals surface area contributed by atoms with Crippen LogP contribution in [0.3, 0.4) is 0 Å². The lowest BCUT2D eigenvalue weighted by molar-refractivity contribution is -0.119. The van der Waals surface area contributed by atoms with E-state index in [1.165, 1.54) is 0 Å². The Morgan fingerprint density at radius 1 is 0.975 bits per heavy atom. The molecule has 0 spiro atoms. The smallest absolute Gasteiger partial charge is 0.258 e. The summed E-state index contributed by atoms with van der Waals surface area (Å²) in [6.45, 7) is 2.80. The van der Waals surface area contributed by atoms with Crippen LogP contribution in [0.15, 0.2) is 66.7 Å². The number of nitrogens with two attached hydrogens (primary N) is 1. The fourth-order valence-corrected chi connectivity index (χ4v) is 5.96. The number of nitrogens with one attached hydrogen (secondary N) is 2. The van der Waals surface area contributed by atoms with Gasteiger partial charge in [0.05, 0.1) is 11.3 Å². The maximum absolute atomic E-state index is 13.2. The van der Waals surface area contributed by atoms with E-state index in [1.807, 2.05) is 47.4 Å². The number of carbonyl (C=O) groups excluding carboxylic acids is 3. The van der Waals surface area contributed by atoms with Gasteiger partial charge < -0.3 is 26.2 Å². The zero-order valence-electron chi connectivity index (χ0n) is 22.6. The quantitative estimate of drug-likeness (QED) is 0.407. The van der Waals surface area contributed by atoms with Crippen molar-refractivity contribution in [1.82, 2.24) is 4.90 Å². The van der Waals surface area contributed by atoms with Gasteiger partial charge in [-0.1, -0.05) is 36.4 Å². The molecule has 8 heteroatoms. The van der Waals surface area contributed by atoms with E-state index in [4.69, 9.17) is 5.73 Å². The number of primary amides is 1.